The van der Waals surface area contributed by atoms with Crippen molar-refractivity contribution in [2.45, 2.75) is 18.9 Å². The molecule has 1 atom stereocenters. The molecule has 2 amide bonds. The molecule has 3 N–H and O–H groups in total. The predicted octanol–water partition coefficient (Wildman–Crippen LogP) is 2.27. The second-order valence-corrected chi connectivity index (χ2v) is 6.18. The molecule has 1 aromatic heterocycles. The quantitative estimate of drug-likeness (QED) is 0.699. The summed E-state index contributed by atoms with van der Waals surface area (Å²) in [7, 11) is 0. The topological polar surface area (TPSA) is 85.1 Å². The molecule has 1 heterocycles. The summed E-state index contributed by atoms with van der Waals surface area (Å²) < 4.78 is 26.5. The van der Waals surface area contributed by atoms with Crippen molar-refractivity contribution in [1.82, 2.24) is 10.3 Å². The van der Waals surface area contributed by atoms with Crippen LogP contribution in [-0.4, -0.2) is 22.8 Å². The number of hydrogen-bond donors (Lipinski definition) is 2. The van der Waals surface area contributed by atoms with Crippen molar-refractivity contribution in [2.24, 2.45) is 5.73 Å². The summed E-state index contributed by atoms with van der Waals surface area (Å²) in [6, 6.07) is 13.0. The van der Waals surface area contributed by atoms with Crippen LogP contribution in [0.15, 0.2) is 54.6 Å². The molecule has 27 heavy (non-hydrogen) atoms. The van der Waals surface area contributed by atoms with Gasteiger partial charge < -0.3 is 11.1 Å². The maximum Gasteiger partial charge on any atom is 0.240 e. The summed E-state index contributed by atoms with van der Waals surface area (Å²) >= 11 is 0. The third-order valence-corrected chi connectivity index (χ3v) is 4.04. The Labute approximate surface area is 154 Å². The molecule has 0 aliphatic heterocycles. The van der Waals surface area contributed by atoms with Gasteiger partial charge in [0.1, 0.15) is 17.7 Å². The highest BCUT2D eigenvalue weighted by atomic mass is 19.1. The standard InChI is InChI=1S/C20H17F2N3O2/c21-14-7-12(8-15(22)10-14)9-19(26)25-18(20(23)27)11-16-6-5-13-3-1-2-4-17(13)24-16/h1-8,10,18H,9,11H2,(H2,23,27)(H,25,26)/t18-/m1/s1. The number of nitrogens with two attached hydrogens (primary N) is 1. The average Bonchev–Trinajstić information content (AvgIpc) is 2.60. The Morgan fingerprint density at radius 1 is 1.04 bits per heavy atom. The highest BCUT2D eigenvalue weighted by Crippen LogP contribution is 2.13. The van der Waals surface area contributed by atoms with Crippen LogP contribution in [0.2, 0.25) is 0 Å². The van der Waals surface area contributed by atoms with Crippen molar-refractivity contribution in [3.05, 3.63) is 77.5 Å². The van der Waals surface area contributed by atoms with Crippen LogP contribution in [0.4, 0.5) is 8.78 Å². The highest BCUT2D eigenvalue weighted by Gasteiger charge is 2.20. The van der Waals surface area contributed by atoms with Crippen molar-refractivity contribution in [3.63, 3.8) is 0 Å². The van der Waals surface area contributed by atoms with Crippen LogP contribution in [0, 0.1) is 11.6 Å². The maximum atomic E-state index is 13.2. The van der Waals surface area contributed by atoms with Crippen LogP contribution >= 0.6 is 0 Å². The second kappa shape index (κ2) is 7.90. The van der Waals surface area contributed by atoms with E-state index in [1.165, 1.54) is 0 Å². The van der Waals surface area contributed by atoms with Crippen LogP contribution in [0.25, 0.3) is 10.9 Å². The Hall–Kier alpha value is -3.35. The van der Waals surface area contributed by atoms with Gasteiger partial charge in [0, 0.05) is 23.6 Å². The number of aromatic nitrogens is 1. The molecule has 5 nitrogen and oxygen atoms in total. The van der Waals surface area contributed by atoms with Gasteiger partial charge in [-0.2, -0.15) is 0 Å². The van der Waals surface area contributed by atoms with E-state index in [1.54, 1.807) is 6.07 Å². The fourth-order valence-electron chi connectivity index (χ4n) is 2.80. The zero-order valence-electron chi connectivity index (χ0n) is 14.3. The molecule has 3 aromatic rings. The van der Waals surface area contributed by atoms with Crippen molar-refractivity contribution in [1.29, 1.82) is 0 Å². The number of rotatable bonds is 6. The molecule has 0 fully saturated rings. The number of carbonyl (C=O) groups excluding carboxylic acids is 2. The summed E-state index contributed by atoms with van der Waals surface area (Å²) in [5, 5.41) is 3.45. The largest absolute Gasteiger partial charge is 0.368 e. The molecule has 0 aliphatic rings. The first-order valence-corrected chi connectivity index (χ1v) is 8.29. The van der Waals surface area contributed by atoms with Crippen LogP contribution < -0.4 is 11.1 Å². The molecule has 2 aromatic carbocycles. The lowest BCUT2D eigenvalue weighted by atomic mass is 10.1. The van der Waals surface area contributed by atoms with E-state index in [1.807, 2.05) is 30.3 Å². The fraction of sp³-hybridized carbons (Fsp3) is 0.150. The molecular weight excluding hydrogens is 352 g/mol. The first kappa shape index (κ1) is 18.4. The van der Waals surface area contributed by atoms with E-state index in [4.69, 9.17) is 5.73 Å². The Morgan fingerprint density at radius 2 is 1.74 bits per heavy atom. The minimum Gasteiger partial charge on any atom is -0.368 e. The molecule has 7 heteroatoms. The lowest BCUT2D eigenvalue weighted by Crippen LogP contribution is -2.46. The van der Waals surface area contributed by atoms with E-state index in [0.29, 0.717) is 5.69 Å². The monoisotopic (exact) mass is 369 g/mol. The summed E-state index contributed by atoms with van der Waals surface area (Å²) in [6.45, 7) is 0. The second-order valence-electron chi connectivity index (χ2n) is 6.18. The van der Waals surface area contributed by atoms with Gasteiger partial charge in [0.2, 0.25) is 11.8 Å². The predicted molar refractivity (Wildman–Crippen MR) is 96.6 cm³/mol. The molecule has 3 rings (SSSR count). The van der Waals surface area contributed by atoms with Crippen molar-refractivity contribution < 1.29 is 18.4 Å². The van der Waals surface area contributed by atoms with Gasteiger partial charge in [-0.1, -0.05) is 24.3 Å². The van der Waals surface area contributed by atoms with E-state index in [-0.39, 0.29) is 18.4 Å². The van der Waals surface area contributed by atoms with Crippen LogP contribution in [0.1, 0.15) is 11.3 Å². The number of nitrogens with zero attached hydrogens (tertiary/aromatic N) is 1. The lowest BCUT2D eigenvalue weighted by molar-refractivity contribution is -0.127. The Kier molecular flexibility index (Phi) is 5.40. The number of pyridine rings is 1. The van der Waals surface area contributed by atoms with Gasteiger partial charge in [0.15, 0.2) is 0 Å². The van der Waals surface area contributed by atoms with Gasteiger partial charge in [-0.3, -0.25) is 14.6 Å². The van der Waals surface area contributed by atoms with Gasteiger partial charge in [-0.15, -0.1) is 0 Å². The third-order valence-electron chi connectivity index (χ3n) is 4.04. The smallest absolute Gasteiger partial charge is 0.240 e. The number of carbonyl (C=O) groups is 2. The van der Waals surface area contributed by atoms with E-state index in [2.05, 4.69) is 10.3 Å². The number of primary amides is 1. The van der Waals surface area contributed by atoms with E-state index in [0.717, 1.165) is 29.1 Å². The van der Waals surface area contributed by atoms with Gasteiger partial charge in [-0.25, -0.2) is 8.78 Å². The van der Waals surface area contributed by atoms with Crippen molar-refractivity contribution >= 4 is 22.7 Å². The number of nitrogens with one attached hydrogen (secondary N) is 1. The SMILES string of the molecule is NC(=O)[C@@H](Cc1ccc2ccccc2n1)NC(=O)Cc1cc(F)cc(F)c1. The molecule has 138 valence electrons. The van der Waals surface area contributed by atoms with Gasteiger partial charge >= 0.3 is 0 Å². The summed E-state index contributed by atoms with van der Waals surface area (Å²) in [6.07, 6.45) is -0.160. The molecule has 0 bridgehead atoms. The fourth-order valence-corrected chi connectivity index (χ4v) is 2.80. The molecule has 0 saturated carbocycles. The normalized spacial score (nSPS) is 11.9. The Bertz CT molecular complexity index is 987. The van der Waals surface area contributed by atoms with Crippen molar-refractivity contribution in [3.8, 4) is 0 Å². The lowest BCUT2D eigenvalue weighted by Gasteiger charge is -2.15. The molecule has 0 radical (unpaired) electrons. The van der Waals surface area contributed by atoms with Crippen LogP contribution in [0.3, 0.4) is 0 Å². The van der Waals surface area contributed by atoms with Gasteiger partial charge in [0.05, 0.1) is 11.9 Å². The Balaban J connectivity index is 1.71. The summed E-state index contributed by atoms with van der Waals surface area (Å²) in [5.41, 5.74) is 6.91. The minimum absolute atomic E-state index is 0.115. The molecule has 0 spiro atoms. The highest BCUT2D eigenvalue weighted by molar-refractivity contribution is 5.87. The van der Waals surface area contributed by atoms with Gasteiger partial charge in [0.25, 0.3) is 0 Å². The zero-order valence-corrected chi connectivity index (χ0v) is 14.3. The van der Waals surface area contributed by atoms with Crippen molar-refractivity contribution in [2.75, 3.05) is 0 Å². The molecular formula is C20H17F2N3O2. The summed E-state index contributed by atoms with van der Waals surface area (Å²) in [4.78, 5) is 28.3. The number of para-hydroxylation sites is 1. The third kappa shape index (κ3) is 4.84. The number of benzene rings is 2. The summed E-state index contributed by atoms with van der Waals surface area (Å²) in [5.74, 6) is -2.83. The number of hydrogen-bond acceptors (Lipinski definition) is 3. The molecule has 0 aliphatic carbocycles. The number of halogens is 2. The average molecular weight is 369 g/mol. The van der Waals surface area contributed by atoms with Gasteiger partial charge in [-0.05, 0) is 29.8 Å². The zero-order chi connectivity index (χ0) is 19.4. The van der Waals surface area contributed by atoms with E-state index >= 15 is 0 Å². The first-order chi connectivity index (χ1) is 12.9. The Morgan fingerprint density at radius 3 is 2.44 bits per heavy atom. The minimum atomic E-state index is -0.982. The molecule has 0 saturated heterocycles. The number of amides is 2. The van der Waals surface area contributed by atoms with Crippen LogP contribution in [0.5, 0.6) is 0 Å². The first-order valence-electron chi connectivity index (χ1n) is 8.29. The number of fused-ring (bicyclic) bond motifs is 1. The molecule has 0 unspecified atom stereocenters. The van der Waals surface area contributed by atoms with E-state index in [9.17, 15) is 18.4 Å². The van der Waals surface area contributed by atoms with E-state index < -0.39 is 29.5 Å². The maximum absolute atomic E-state index is 13.2. The van der Waals surface area contributed by atoms with Crippen LogP contribution in [-0.2, 0) is 22.4 Å².